The van der Waals surface area contributed by atoms with Gasteiger partial charge in [-0.15, -0.1) is 11.6 Å². The molecule has 49 heavy (non-hydrogen) atoms. The number of carbonyl (C=O) groups excluding carboxylic acids is 5. The van der Waals surface area contributed by atoms with Crippen molar-refractivity contribution in [1.82, 2.24) is 20.0 Å². The fourth-order valence-corrected chi connectivity index (χ4v) is 7.43. The molecule has 5 amide bonds. The van der Waals surface area contributed by atoms with Crippen LogP contribution in [0.15, 0.2) is 48.5 Å². The maximum Gasteiger partial charge on any atom is 0.330 e. The number of nitrogens with one attached hydrogen (secondary N) is 1. The molecule has 0 aromatic heterocycles. The minimum absolute atomic E-state index is 0.0410. The molecule has 3 fully saturated rings. The van der Waals surface area contributed by atoms with E-state index in [1.54, 1.807) is 32.6 Å². The summed E-state index contributed by atoms with van der Waals surface area (Å²) < 4.78 is 12.4. The van der Waals surface area contributed by atoms with Crippen LogP contribution < -0.4 is 5.32 Å². The van der Waals surface area contributed by atoms with E-state index in [-0.39, 0.29) is 25.5 Å². The van der Waals surface area contributed by atoms with Crippen molar-refractivity contribution < 1.29 is 33.4 Å². The molecule has 1 spiro atoms. The van der Waals surface area contributed by atoms with Crippen molar-refractivity contribution in [3.05, 3.63) is 70.8 Å². The second kappa shape index (κ2) is 14.2. The lowest BCUT2D eigenvalue weighted by atomic mass is 9.84. The molecule has 2 heterocycles. The van der Waals surface area contributed by atoms with Crippen LogP contribution in [0, 0.1) is 19.3 Å². The third-order valence-electron chi connectivity index (χ3n) is 9.66. The van der Waals surface area contributed by atoms with Gasteiger partial charge in [-0.25, -0.2) is 9.69 Å². The minimum Gasteiger partial charge on any atom is -0.350 e. The minimum atomic E-state index is -1.78. The number of alkyl halides is 1. The molecular weight excluding hydrogens is 648 g/mol. The van der Waals surface area contributed by atoms with Gasteiger partial charge >= 0.3 is 6.03 Å². The van der Waals surface area contributed by atoms with Crippen molar-refractivity contribution in [3.8, 4) is 0 Å². The molecule has 12 heteroatoms. The molecule has 2 aromatic carbocycles. The van der Waals surface area contributed by atoms with Crippen LogP contribution in [0.4, 0.5) is 4.79 Å². The number of likely N-dealkylation sites (N-methyl/N-ethyl adjacent to an activating group) is 1. The molecular formula is C37H47ClN4O7. The second-order valence-corrected chi connectivity index (χ2v) is 14.7. The average Bonchev–Trinajstić information content (AvgIpc) is 3.43. The number of hydrogen-bond donors (Lipinski definition) is 1. The van der Waals surface area contributed by atoms with E-state index in [1.807, 2.05) is 69.3 Å². The van der Waals surface area contributed by atoms with E-state index in [0.29, 0.717) is 19.4 Å². The lowest BCUT2D eigenvalue weighted by Crippen LogP contribution is -2.62. The number of aryl methyl sites for hydroxylation is 2. The maximum atomic E-state index is 14.3. The Bertz CT molecular complexity index is 1610. The van der Waals surface area contributed by atoms with E-state index in [0.717, 1.165) is 27.2 Å². The van der Waals surface area contributed by atoms with Gasteiger partial charge in [-0.3, -0.25) is 24.1 Å². The Morgan fingerprint density at radius 3 is 2.37 bits per heavy atom. The van der Waals surface area contributed by atoms with Crippen molar-refractivity contribution in [2.45, 2.75) is 110 Å². The van der Waals surface area contributed by atoms with Gasteiger partial charge in [0.05, 0.1) is 11.9 Å². The molecule has 2 saturated heterocycles. The molecule has 2 aromatic rings. The number of Topliss-reactive ketones (excluding diaryl/α,β-unsaturated/α-hetero) is 1. The fourth-order valence-electron chi connectivity index (χ4n) is 7.17. The van der Waals surface area contributed by atoms with Crippen molar-refractivity contribution in [3.63, 3.8) is 0 Å². The summed E-state index contributed by atoms with van der Waals surface area (Å²) in [5.41, 5.74) is 1.41. The molecule has 11 nitrogen and oxygen atoms in total. The highest BCUT2D eigenvalue weighted by Gasteiger charge is 2.57. The average molecular weight is 695 g/mol. The summed E-state index contributed by atoms with van der Waals surface area (Å²) in [6.07, 6.45) is -1.10. The highest BCUT2D eigenvalue weighted by molar-refractivity contribution is 6.21. The largest absolute Gasteiger partial charge is 0.350 e. The van der Waals surface area contributed by atoms with Crippen molar-refractivity contribution in [2.24, 2.45) is 5.41 Å². The van der Waals surface area contributed by atoms with E-state index in [9.17, 15) is 24.0 Å². The first-order chi connectivity index (χ1) is 23.1. The molecule has 2 aliphatic heterocycles. The lowest BCUT2D eigenvalue weighted by Gasteiger charge is -2.44. The third kappa shape index (κ3) is 6.98. The summed E-state index contributed by atoms with van der Waals surface area (Å²) in [4.78, 5) is 73.7. The van der Waals surface area contributed by atoms with E-state index >= 15 is 0 Å². The number of hydrogen-bond acceptors (Lipinski definition) is 7. The Labute approximate surface area is 293 Å². The number of nitrogens with zero attached hydrogens (tertiary/aromatic N) is 3. The molecule has 0 bridgehead atoms. The van der Waals surface area contributed by atoms with Gasteiger partial charge in [0, 0.05) is 31.0 Å². The zero-order valence-electron chi connectivity index (χ0n) is 29.3. The quantitative estimate of drug-likeness (QED) is 0.211. The van der Waals surface area contributed by atoms with Crippen LogP contribution in [0.5, 0.6) is 0 Å². The Balaban J connectivity index is 1.44. The number of halogens is 1. The van der Waals surface area contributed by atoms with E-state index in [1.165, 1.54) is 4.90 Å². The van der Waals surface area contributed by atoms with Gasteiger partial charge in [-0.05, 0) is 57.2 Å². The molecule has 3 aliphatic rings. The molecule has 6 atom stereocenters. The van der Waals surface area contributed by atoms with Gasteiger partial charge < -0.3 is 19.7 Å². The molecule has 6 unspecified atom stereocenters. The van der Waals surface area contributed by atoms with Crippen molar-refractivity contribution in [1.29, 1.82) is 0 Å². The number of ether oxygens (including phenoxy) is 2. The third-order valence-corrected chi connectivity index (χ3v) is 10.2. The summed E-state index contributed by atoms with van der Waals surface area (Å²) in [6.45, 7) is 13.0. The van der Waals surface area contributed by atoms with Crippen molar-refractivity contribution >= 4 is 41.1 Å². The smallest absolute Gasteiger partial charge is 0.330 e. The van der Waals surface area contributed by atoms with E-state index in [4.69, 9.17) is 21.1 Å². The van der Waals surface area contributed by atoms with Crippen LogP contribution in [0.25, 0.3) is 0 Å². The Morgan fingerprint density at radius 1 is 1.06 bits per heavy atom. The van der Waals surface area contributed by atoms with Gasteiger partial charge in [0.15, 0.2) is 17.9 Å². The van der Waals surface area contributed by atoms with Crippen LogP contribution in [-0.2, 0) is 35.2 Å². The monoisotopic (exact) mass is 694 g/mol. The Kier molecular flexibility index (Phi) is 10.6. The summed E-state index contributed by atoms with van der Waals surface area (Å²) in [5.74, 6) is -2.40. The number of imide groups is 1. The fraction of sp³-hybridized carbons (Fsp3) is 0.541. The van der Waals surface area contributed by atoms with E-state index in [2.05, 4.69) is 5.32 Å². The van der Waals surface area contributed by atoms with Crippen LogP contribution in [0.1, 0.15) is 82.2 Å². The number of rotatable bonds is 10. The predicted molar refractivity (Wildman–Crippen MR) is 183 cm³/mol. The van der Waals surface area contributed by atoms with Crippen LogP contribution >= 0.6 is 11.6 Å². The van der Waals surface area contributed by atoms with Gasteiger partial charge in [0.2, 0.25) is 6.23 Å². The molecule has 1 aliphatic carbocycles. The maximum absolute atomic E-state index is 14.3. The standard InChI is InChI=1S/C37H47ClN4O7/c1-8-41-32(45)29(25-16-15-22(3)19-23(25)4)49-37(41)18-17-26(38)27(20-37)39-31(44)28(30(43)36(5,6)7)42-33(46)34(48-9-2)40(35(42)47)21-24-13-11-10-12-14-24/h10-16,19,26-29,34H,8-9,17-18,20-21H2,1-7H3,(H,39,44). The number of benzene rings is 2. The molecule has 264 valence electrons. The van der Waals surface area contributed by atoms with Gasteiger partial charge in [0.1, 0.15) is 5.72 Å². The molecule has 1 saturated carbocycles. The topological polar surface area (TPSA) is 126 Å². The van der Waals surface area contributed by atoms with Gasteiger partial charge in [-0.2, -0.15) is 0 Å². The molecule has 5 rings (SSSR count). The lowest BCUT2D eigenvalue weighted by molar-refractivity contribution is -0.152. The normalized spacial score (nSPS) is 26.5. The summed E-state index contributed by atoms with van der Waals surface area (Å²) in [6, 6.07) is 11.6. The predicted octanol–water partition coefficient (Wildman–Crippen LogP) is 5.01. The second-order valence-electron chi connectivity index (χ2n) is 14.2. The first-order valence-electron chi connectivity index (χ1n) is 17.0. The number of urea groups is 1. The van der Waals surface area contributed by atoms with Gasteiger partial charge in [-0.1, -0.05) is 74.9 Å². The number of ketones is 1. The zero-order chi connectivity index (χ0) is 35.8. The summed E-state index contributed by atoms with van der Waals surface area (Å²) >= 11 is 6.85. The van der Waals surface area contributed by atoms with Gasteiger partial charge in [0.25, 0.3) is 17.7 Å². The van der Waals surface area contributed by atoms with Crippen LogP contribution in [0.3, 0.4) is 0 Å². The summed E-state index contributed by atoms with van der Waals surface area (Å²) in [5, 5.41) is 2.36. The highest BCUT2D eigenvalue weighted by Crippen LogP contribution is 2.47. The zero-order valence-corrected chi connectivity index (χ0v) is 30.1. The molecule has 1 N–H and O–H groups in total. The van der Waals surface area contributed by atoms with Crippen LogP contribution in [0.2, 0.25) is 0 Å². The first-order valence-corrected chi connectivity index (χ1v) is 17.4. The first kappa shape index (κ1) is 36.5. The molecule has 0 radical (unpaired) electrons. The van der Waals surface area contributed by atoms with Crippen LogP contribution in [-0.4, -0.2) is 86.8 Å². The Morgan fingerprint density at radius 2 is 1.76 bits per heavy atom. The Hall–Kier alpha value is -3.80. The van der Waals surface area contributed by atoms with Crippen molar-refractivity contribution in [2.75, 3.05) is 13.2 Å². The number of carbonyl (C=O) groups is 5. The van der Waals surface area contributed by atoms with E-state index < -0.39 is 64.6 Å². The number of amides is 5. The summed E-state index contributed by atoms with van der Waals surface area (Å²) in [7, 11) is 0. The SMILES string of the molecule is CCOC1C(=O)N(C(C(=O)NC2CC3(CCC2Cl)OC(c2ccc(C)cc2C)C(=O)N3CC)C(=O)C(C)(C)C)C(=O)N1Cc1ccccc1. The highest BCUT2D eigenvalue weighted by atomic mass is 35.5.